The molecule has 1 N–H and O–H groups in total. The van der Waals surface area contributed by atoms with Gasteiger partial charge in [0, 0.05) is 5.56 Å². The fourth-order valence-corrected chi connectivity index (χ4v) is 2.96. The highest BCUT2D eigenvalue weighted by Gasteiger charge is 2.14. The van der Waals surface area contributed by atoms with E-state index >= 15 is 0 Å². The van der Waals surface area contributed by atoms with Crippen LogP contribution in [0.15, 0.2) is 52.6 Å². The number of hydrogen-bond donors (Lipinski definition) is 1. The van der Waals surface area contributed by atoms with Crippen LogP contribution in [0.1, 0.15) is 12.5 Å². The van der Waals surface area contributed by atoms with Crippen molar-refractivity contribution in [3.63, 3.8) is 0 Å². The lowest BCUT2D eigenvalue weighted by atomic mass is 10.2. The Morgan fingerprint density at radius 1 is 1.14 bits per heavy atom. The van der Waals surface area contributed by atoms with Crippen LogP contribution in [-0.4, -0.2) is 26.3 Å². The first-order chi connectivity index (χ1) is 10.8. The maximum atomic E-state index is 12.4. The van der Waals surface area contributed by atoms with Gasteiger partial charge < -0.3 is 4.90 Å². The van der Waals surface area contributed by atoms with E-state index in [0.29, 0.717) is 6.67 Å². The zero-order valence-corrected chi connectivity index (χ0v) is 13.2. The molecule has 3 rings (SSSR count). The Labute approximate surface area is 132 Å². The van der Waals surface area contributed by atoms with Gasteiger partial charge >= 0.3 is 5.69 Å². The van der Waals surface area contributed by atoms with Gasteiger partial charge in [-0.2, -0.15) is 0 Å². The topological polar surface area (TPSA) is 57.2 Å². The number of tetrazole rings is 1. The first-order valence-electron chi connectivity index (χ1n) is 7.22. The van der Waals surface area contributed by atoms with Crippen LogP contribution in [0.4, 0.5) is 0 Å². The molecule has 0 saturated heterocycles. The third kappa shape index (κ3) is 3.15. The third-order valence-corrected chi connectivity index (χ3v) is 4.37. The average molecular weight is 316 g/mol. The Morgan fingerprint density at radius 3 is 2.64 bits per heavy atom. The van der Waals surface area contributed by atoms with Gasteiger partial charge in [0.1, 0.15) is 11.5 Å². The molecular formula is C15H18N5OS+. The van der Waals surface area contributed by atoms with Crippen molar-refractivity contribution in [1.82, 2.24) is 19.8 Å². The van der Waals surface area contributed by atoms with Gasteiger partial charge in [0.25, 0.3) is 0 Å². The van der Waals surface area contributed by atoms with Gasteiger partial charge in [0.15, 0.2) is 6.67 Å². The van der Waals surface area contributed by atoms with Crippen molar-refractivity contribution >= 4 is 11.3 Å². The van der Waals surface area contributed by atoms with Gasteiger partial charge in [-0.25, -0.2) is 4.79 Å². The van der Waals surface area contributed by atoms with Crippen molar-refractivity contribution in [3.8, 4) is 5.00 Å². The fraction of sp³-hybridized carbons (Fsp3) is 0.267. The lowest BCUT2D eigenvalue weighted by Crippen LogP contribution is -3.10. The molecule has 1 atom stereocenters. The van der Waals surface area contributed by atoms with Gasteiger partial charge in [-0.3, -0.25) is 0 Å². The number of hydrogen-bond acceptors (Lipinski definition) is 4. The molecule has 2 heterocycles. The van der Waals surface area contributed by atoms with Gasteiger partial charge in [0.05, 0.1) is 6.54 Å². The molecule has 0 fully saturated rings. The maximum absolute atomic E-state index is 12.4. The number of rotatable bonds is 6. The largest absolute Gasteiger partial charge is 0.374 e. The van der Waals surface area contributed by atoms with Crippen LogP contribution in [0.2, 0.25) is 0 Å². The molecule has 0 bridgehead atoms. The van der Waals surface area contributed by atoms with E-state index in [-0.39, 0.29) is 5.69 Å². The summed E-state index contributed by atoms with van der Waals surface area (Å²) in [6.07, 6.45) is 0. The SMILES string of the molecule is CC[NH+](Cc1ccccc1)Cn1nnn(-c2cccs2)c1=O. The predicted octanol–water partition coefficient (Wildman–Crippen LogP) is 0.553. The number of thiophene rings is 1. The van der Waals surface area contributed by atoms with E-state index in [2.05, 4.69) is 29.5 Å². The van der Waals surface area contributed by atoms with Crippen molar-refractivity contribution in [2.75, 3.05) is 6.54 Å². The van der Waals surface area contributed by atoms with Crippen LogP contribution in [-0.2, 0) is 13.2 Å². The predicted molar refractivity (Wildman–Crippen MR) is 85.1 cm³/mol. The van der Waals surface area contributed by atoms with E-state index in [1.807, 2.05) is 35.7 Å². The molecular weight excluding hydrogens is 298 g/mol. The second-order valence-corrected chi connectivity index (χ2v) is 5.97. The molecule has 0 aliphatic carbocycles. The molecule has 3 aromatic rings. The van der Waals surface area contributed by atoms with Crippen LogP contribution in [0, 0.1) is 0 Å². The quantitative estimate of drug-likeness (QED) is 0.723. The van der Waals surface area contributed by atoms with E-state index in [4.69, 9.17) is 0 Å². The van der Waals surface area contributed by atoms with Crippen LogP contribution >= 0.6 is 11.3 Å². The first kappa shape index (κ1) is 14.7. The molecule has 7 heteroatoms. The minimum absolute atomic E-state index is 0.193. The molecule has 1 aromatic carbocycles. The summed E-state index contributed by atoms with van der Waals surface area (Å²) < 4.78 is 2.78. The number of quaternary nitrogens is 1. The van der Waals surface area contributed by atoms with Crippen molar-refractivity contribution in [3.05, 3.63) is 63.9 Å². The van der Waals surface area contributed by atoms with Crippen molar-refractivity contribution in [2.24, 2.45) is 0 Å². The Hall–Kier alpha value is -2.25. The van der Waals surface area contributed by atoms with Crippen molar-refractivity contribution in [2.45, 2.75) is 20.1 Å². The zero-order valence-electron chi connectivity index (χ0n) is 12.3. The molecule has 2 aromatic heterocycles. The molecule has 1 unspecified atom stereocenters. The Morgan fingerprint density at radius 2 is 1.95 bits per heavy atom. The molecule has 0 amide bonds. The highest BCUT2D eigenvalue weighted by Crippen LogP contribution is 2.10. The van der Waals surface area contributed by atoms with Gasteiger partial charge in [-0.05, 0) is 34.9 Å². The smallest absolute Gasteiger partial charge is 0.313 e. The number of benzene rings is 1. The van der Waals surface area contributed by atoms with Crippen LogP contribution in [0.5, 0.6) is 0 Å². The average Bonchev–Trinajstić information content (AvgIpc) is 3.18. The number of nitrogens with one attached hydrogen (secondary N) is 1. The molecule has 22 heavy (non-hydrogen) atoms. The monoisotopic (exact) mass is 316 g/mol. The molecule has 0 aliphatic heterocycles. The van der Waals surface area contributed by atoms with E-state index < -0.39 is 0 Å². The second-order valence-electron chi connectivity index (χ2n) is 5.05. The van der Waals surface area contributed by atoms with E-state index in [1.54, 1.807) is 0 Å². The number of nitrogens with zero attached hydrogens (tertiary/aromatic N) is 4. The Balaban J connectivity index is 1.76. The zero-order chi connectivity index (χ0) is 15.4. The van der Waals surface area contributed by atoms with Crippen molar-refractivity contribution < 1.29 is 4.90 Å². The normalized spacial score (nSPS) is 12.4. The molecule has 114 valence electrons. The standard InChI is InChI=1S/C15H17N5OS/c1-2-18(11-13-7-4-3-5-8-13)12-19-15(21)20(17-16-19)14-9-6-10-22-14/h3-10H,2,11-12H2,1H3/p+1. The van der Waals surface area contributed by atoms with Gasteiger partial charge in [-0.1, -0.05) is 30.3 Å². The summed E-state index contributed by atoms with van der Waals surface area (Å²) in [6.45, 7) is 4.38. The Kier molecular flexibility index (Phi) is 4.45. The first-order valence-corrected chi connectivity index (χ1v) is 8.10. The molecule has 6 nitrogen and oxygen atoms in total. The maximum Gasteiger partial charge on any atom is 0.374 e. The highest BCUT2D eigenvalue weighted by atomic mass is 32.1. The number of aromatic nitrogens is 4. The summed E-state index contributed by atoms with van der Waals surface area (Å²) in [5.41, 5.74) is 1.06. The molecule has 0 spiro atoms. The second kappa shape index (κ2) is 6.67. The molecule has 0 radical (unpaired) electrons. The van der Waals surface area contributed by atoms with E-state index in [0.717, 1.165) is 18.1 Å². The lowest BCUT2D eigenvalue weighted by Gasteiger charge is -2.16. The van der Waals surface area contributed by atoms with Crippen LogP contribution < -0.4 is 10.6 Å². The van der Waals surface area contributed by atoms with Crippen molar-refractivity contribution in [1.29, 1.82) is 0 Å². The summed E-state index contributed by atoms with van der Waals surface area (Å²) in [4.78, 5) is 13.6. The van der Waals surface area contributed by atoms with Crippen LogP contribution in [0.25, 0.3) is 5.00 Å². The Bertz CT molecular complexity index is 763. The summed E-state index contributed by atoms with van der Waals surface area (Å²) in [7, 11) is 0. The minimum Gasteiger partial charge on any atom is -0.313 e. The third-order valence-electron chi connectivity index (χ3n) is 3.52. The summed E-state index contributed by atoms with van der Waals surface area (Å²) in [5, 5.41) is 10.7. The summed E-state index contributed by atoms with van der Waals surface area (Å²) >= 11 is 1.47. The summed E-state index contributed by atoms with van der Waals surface area (Å²) in [6, 6.07) is 14.0. The van der Waals surface area contributed by atoms with E-state index in [9.17, 15) is 4.79 Å². The highest BCUT2D eigenvalue weighted by molar-refractivity contribution is 7.12. The van der Waals surface area contributed by atoms with E-state index in [1.165, 1.54) is 31.2 Å². The summed E-state index contributed by atoms with van der Waals surface area (Å²) in [5.74, 6) is 0. The fourth-order valence-electron chi connectivity index (χ4n) is 2.29. The van der Waals surface area contributed by atoms with Crippen LogP contribution in [0.3, 0.4) is 0 Å². The molecule has 0 saturated carbocycles. The van der Waals surface area contributed by atoms with Gasteiger partial charge in [0.2, 0.25) is 0 Å². The minimum atomic E-state index is -0.193. The van der Waals surface area contributed by atoms with Gasteiger partial charge in [-0.15, -0.1) is 20.7 Å². The molecule has 0 aliphatic rings. The lowest BCUT2D eigenvalue weighted by molar-refractivity contribution is -0.935.